The highest BCUT2D eigenvalue weighted by Crippen LogP contribution is 2.25. The van der Waals surface area contributed by atoms with Crippen molar-refractivity contribution < 1.29 is 0 Å². The molecule has 2 aromatic heterocycles. The molecule has 0 saturated carbocycles. The normalized spacial score (nSPS) is 10.6. The van der Waals surface area contributed by atoms with Crippen LogP contribution >= 0.6 is 0 Å². The molecule has 3 aromatic rings. The smallest absolute Gasteiger partial charge is 0.156 e. The van der Waals surface area contributed by atoms with Crippen LogP contribution in [0.2, 0.25) is 0 Å². The van der Waals surface area contributed by atoms with E-state index < -0.39 is 0 Å². The molecule has 0 aliphatic heterocycles. The SMILES string of the molecule is Cc1cc(-n2cc(-c3ccccc3N)cn2)ncn1. The van der Waals surface area contributed by atoms with Gasteiger partial charge in [0.15, 0.2) is 5.82 Å². The van der Waals surface area contributed by atoms with Crippen LogP contribution in [0.15, 0.2) is 49.1 Å². The van der Waals surface area contributed by atoms with Gasteiger partial charge in [-0.3, -0.25) is 0 Å². The number of para-hydroxylation sites is 1. The van der Waals surface area contributed by atoms with Gasteiger partial charge in [0.25, 0.3) is 0 Å². The fourth-order valence-electron chi connectivity index (χ4n) is 1.91. The average molecular weight is 251 g/mol. The second kappa shape index (κ2) is 4.53. The maximum atomic E-state index is 5.96. The standard InChI is InChI=1S/C14H13N5/c1-10-6-14(17-9-16-10)19-8-11(7-18-19)12-4-2-3-5-13(12)15/h2-9H,15H2,1H3. The van der Waals surface area contributed by atoms with Crippen molar-refractivity contribution in [3.8, 4) is 16.9 Å². The van der Waals surface area contributed by atoms with Crippen molar-refractivity contribution in [1.29, 1.82) is 0 Å². The second-order valence-corrected chi connectivity index (χ2v) is 4.28. The van der Waals surface area contributed by atoms with Gasteiger partial charge in [-0.25, -0.2) is 14.6 Å². The van der Waals surface area contributed by atoms with Crippen molar-refractivity contribution in [1.82, 2.24) is 19.7 Å². The summed E-state index contributed by atoms with van der Waals surface area (Å²) in [4.78, 5) is 8.27. The Balaban J connectivity index is 2.03. The first-order valence-corrected chi connectivity index (χ1v) is 5.92. The van der Waals surface area contributed by atoms with Gasteiger partial charge in [0.1, 0.15) is 6.33 Å². The molecule has 0 aliphatic carbocycles. The number of anilines is 1. The third-order valence-corrected chi connectivity index (χ3v) is 2.88. The molecule has 0 amide bonds. The van der Waals surface area contributed by atoms with Gasteiger partial charge in [0, 0.05) is 34.8 Å². The zero-order valence-corrected chi connectivity index (χ0v) is 10.5. The highest BCUT2D eigenvalue weighted by atomic mass is 15.3. The Bertz CT molecular complexity index is 717. The van der Waals surface area contributed by atoms with Gasteiger partial charge in [-0.1, -0.05) is 18.2 Å². The van der Waals surface area contributed by atoms with E-state index in [-0.39, 0.29) is 0 Å². The molecule has 2 N–H and O–H groups in total. The number of nitrogens with zero attached hydrogens (tertiary/aromatic N) is 4. The van der Waals surface area contributed by atoms with E-state index in [0.29, 0.717) is 0 Å². The Morgan fingerprint density at radius 3 is 2.79 bits per heavy atom. The fourth-order valence-corrected chi connectivity index (χ4v) is 1.91. The molecule has 0 fully saturated rings. The topological polar surface area (TPSA) is 69.6 Å². The number of rotatable bonds is 2. The lowest BCUT2D eigenvalue weighted by atomic mass is 10.1. The van der Waals surface area contributed by atoms with Crippen LogP contribution in [0.5, 0.6) is 0 Å². The van der Waals surface area contributed by atoms with Crippen LogP contribution in [-0.2, 0) is 0 Å². The van der Waals surface area contributed by atoms with Crippen molar-refractivity contribution >= 4 is 5.69 Å². The van der Waals surface area contributed by atoms with E-state index in [1.165, 1.54) is 6.33 Å². The third kappa shape index (κ3) is 2.18. The number of hydrogen-bond acceptors (Lipinski definition) is 4. The minimum Gasteiger partial charge on any atom is -0.398 e. The molecule has 5 heteroatoms. The van der Waals surface area contributed by atoms with Crippen molar-refractivity contribution in [3.05, 3.63) is 54.7 Å². The molecular formula is C14H13N5. The molecule has 0 unspecified atom stereocenters. The number of nitrogens with two attached hydrogens (primary N) is 1. The lowest BCUT2D eigenvalue weighted by Crippen LogP contribution is -1.98. The Labute approximate surface area is 110 Å². The van der Waals surface area contributed by atoms with Gasteiger partial charge in [0.2, 0.25) is 0 Å². The predicted octanol–water partition coefficient (Wildman–Crippen LogP) is 2.22. The molecule has 5 nitrogen and oxygen atoms in total. The largest absolute Gasteiger partial charge is 0.398 e. The predicted molar refractivity (Wildman–Crippen MR) is 73.7 cm³/mol. The molecule has 0 atom stereocenters. The van der Waals surface area contributed by atoms with Crippen LogP contribution in [-0.4, -0.2) is 19.7 Å². The molecular weight excluding hydrogens is 238 g/mol. The van der Waals surface area contributed by atoms with Gasteiger partial charge in [-0.15, -0.1) is 0 Å². The molecule has 0 aliphatic rings. The molecule has 1 aromatic carbocycles. The van der Waals surface area contributed by atoms with E-state index in [0.717, 1.165) is 28.3 Å². The molecule has 0 bridgehead atoms. The van der Waals surface area contributed by atoms with Crippen molar-refractivity contribution in [2.24, 2.45) is 0 Å². The summed E-state index contributed by atoms with van der Waals surface area (Å²) in [6.07, 6.45) is 5.22. The monoisotopic (exact) mass is 251 g/mol. The number of nitrogen functional groups attached to an aromatic ring is 1. The molecule has 3 rings (SSSR count). The summed E-state index contributed by atoms with van der Waals surface area (Å²) in [7, 11) is 0. The number of aromatic nitrogens is 4. The summed E-state index contributed by atoms with van der Waals surface area (Å²) >= 11 is 0. The highest BCUT2D eigenvalue weighted by Gasteiger charge is 2.06. The summed E-state index contributed by atoms with van der Waals surface area (Å²) in [6.45, 7) is 1.92. The first kappa shape index (κ1) is 11.4. The minimum atomic E-state index is 0.737. The molecule has 0 radical (unpaired) electrons. The van der Waals surface area contributed by atoms with Crippen LogP contribution in [0.4, 0.5) is 5.69 Å². The van der Waals surface area contributed by atoms with Crippen molar-refractivity contribution in [3.63, 3.8) is 0 Å². The van der Waals surface area contributed by atoms with Gasteiger partial charge in [-0.2, -0.15) is 5.10 Å². The van der Waals surface area contributed by atoms with E-state index >= 15 is 0 Å². The Morgan fingerprint density at radius 2 is 2.00 bits per heavy atom. The van der Waals surface area contributed by atoms with Crippen LogP contribution < -0.4 is 5.73 Å². The Hall–Kier alpha value is -2.69. The number of benzene rings is 1. The van der Waals surface area contributed by atoms with Crippen LogP contribution in [0.3, 0.4) is 0 Å². The maximum absolute atomic E-state index is 5.96. The summed E-state index contributed by atoms with van der Waals surface area (Å²) in [5.41, 5.74) is 9.54. The Kier molecular flexibility index (Phi) is 2.72. The maximum Gasteiger partial charge on any atom is 0.156 e. The van der Waals surface area contributed by atoms with Gasteiger partial charge in [-0.05, 0) is 13.0 Å². The van der Waals surface area contributed by atoms with Crippen LogP contribution in [0, 0.1) is 6.92 Å². The van der Waals surface area contributed by atoms with E-state index in [2.05, 4.69) is 15.1 Å². The number of hydrogen-bond donors (Lipinski definition) is 1. The zero-order valence-electron chi connectivity index (χ0n) is 10.5. The summed E-state index contributed by atoms with van der Waals surface area (Å²) in [6, 6.07) is 9.60. The minimum absolute atomic E-state index is 0.737. The lowest BCUT2D eigenvalue weighted by Gasteiger charge is -2.02. The summed E-state index contributed by atoms with van der Waals surface area (Å²) in [5, 5.41) is 4.32. The van der Waals surface area contributed by atoms with Crippen molar-refractivity contribution in [2.45, 2.75) is 6.92 Å². The summed E-state index contributed by atoms with van der Waals surface area (Å²) in [5.74, 6) is 0.744. The second-order valence-electron chi connectivity index (χ2n) is 4.28. The Morgan fingerprint density at radius 1 is 1.16 bits per heavy atom. The average Bonchev–Trinajstić information content (AvgIpc) is 2.89. The lowest BCUT2D eigenvalue weighted by molar-refractivity contribution is 0.835. The molecule has 94 valence electrons. The van der Waals surface area contributed by atoms with E-state index in [9.17, 15) is 0 Å². The van der Waals surface area contributed by atoms with E-state index in [1.54, 1.807) is 10.9 Å². The molecule has 19 heavy (non-hydrogen) atoms. The molecule has 0 saturated heterocycles. The van der Waals surface area contributed by atoms with Gasteiger partial charge in [0.05, 0.1) is 6.20 Å². The first-order valence-electron chi connectivity index (χ1n) is 5.92. The third-order valence-electron chi connectivity index (χ3n) is 2.88. The van der Waals surface area contributed by atoms with E-state index in [4.69, 9.17) is 5.73 Å². The first-order chi connectivity index (χ1) is 9.24. The number of aryl methyl sites for hydroxylation is 1. The summed E-state index contributed by atoms with van der Waals surface area (Å²) < 4.78 is 1.72. The van der Waals surface area contributed by atoms with Crippen LogP contribution in [0.1, 0.15) is 5.69 Å². The molecule has 0 spiro atoms. The van der Waals surface area contributed by atoms with Gasteiger partial charge >= 0.3 is 0 Å². The zero-order chi connectivity index (χ0) is 13.2. The van der Waals surface area contributed by atoms with E-state index in [1.807, 2.05) is 43.5 Å². The quantitative estimate of drug-likeness (QED) is 0.709. The van der Waals surface area contributed by atoms with Gasteiger partial charge < -0.3 is 5.73 Å². The highest BCUT2D eigenvalue weighted by molar-refractivity contribution is 5.75. The van der Waals surface area contributed by atoms with Crippen LogP contribution in [0.25, 0.3) is 16.9 Å². The molecule has 2 heterocycles. The van der Waals surface area contributed by atoms with Crippen molar-refractivity contribution in [2.75, 3.05) is 5.73 Å². The fraction of sp³-hybridized carbons (Fsp3) is 0.0714.